The molecule has 0 aliphatic rings. The number of anilines is 1. The molecule has 0 fully saturated rings. The van der Waals surface area contributed by atoms with Gasteiger partial charge in [0.05, 0.1) is 32.1 Å². The number of ether oxygens (including phenoxy) is 3. The molecule has 14 nitrogen and oxygen atoms in total. The summed E-state index contributed by atoms with van der Waals surface area (Å²) in [5.41, 5.74) is 5.98. The molecule has 4 N–H and O–H groups in total. The van der Waals surface area contributed by atoms with Crippen LogP contribution in [0.25, 0.3) is 5.52 Å². The van der Waals surface area contributed by atoms with Crippen molar-refractivity contribution in [1.82, 2.24) is 19.6 Å². The fourth-order valence-electron chi connectivity index (χ4n) is 5.38. The lowest BCUT2D eigenvalue weighted by Gasteiger charge is -2.33. The van der Waals surface area contributed by atoms with Crippen LogP contribution in [0, 0.1) is 11.3 Å². The average Bonchev–Trinajstić information content (AvgIpc) is 3.53. The molecule has 0 aliphatic carbocycles. The number of fused-ring (bicyclic) bond motifs is 1. The Kier molecular flexibility index (Phi) is 18.1. The number of nitrogens with zero attached hydrogens (tertiary/aromatic N) is 5. The van der Waals surface area contributed by atoms with E-state index in [4.69, 9.17) is 34.3 Å². The van der Waals surface area contributed by atoms with Gasteiger partial charge in [-0.05, 0) is 37.6 Å². The van der Waals surface area contributed by atoms with Gasteiger partial charge in [-0.1, -0.05) is 77.6 Å². The first-order chi connectivity index (χ1) is 24.1. The molecule has 0 bridgehead atoms. The topological polar surface area (TPSA) is 197 Å². The third-order valence-electron chi connectivity index (χ3n) is 8.67. The molecule has 0 radical (unpaired) electrons. The molecular weight excluding hydrogens is 663 g/mol. The summed E-state index contributed by atoms with van der Waals surface area (Å²) in [4.78, 5) is 18.5. The van der Waals surface area contributed by atoms with Gasteiger partial charge in [-0.2, -0.15) is 10.4 Å². The number of nitrogen functional groups attached to an aromatic ring is 1. The molecule has 0 amide bonds. The number of rotatable bonds is 27. The lowest BCUT2D eigenvalue weighted by Crippen LogP contribution is -2.46. The first-order valence-electron chi connectivity index (χ1n) is 17.6. The molecule has 0 saturated carbocycles. The van der Waals surface area contributed by atoms with Gasteiger partial charge in [0, 0.05) is 25.8 Å². The maximum atomic E-state index is 13.0. The van der Waals surface area contributed by atoms with Gasteiger partial charge in [0.15, 0.2) is 5.82 Å². The summed E-state index contributed by atoms with van der Waals surface area (Å²) in [5.74, 6) is 0.643. The molecular formula is C35H55N6O8P. The summed E-state index contributed by atoms with van der Waals surface area (Å²) in [6, 6.07) is 8.54. The monoisotopic (exact) mass is 718 g/mol. The van der Waals surface area contributed by atoms with E-state index in [2.05, 4.69) is 22.0 Å². The number of methoxy groups -OCH3 is 1. The van der Waals surface area contributed by atoms with Gasteiger partial charge in [-0.15, -0.1) is 0 Å². The number of aliphatic hydroxyl groups excluding tert-OH is 1. The minimum atomic E-state index is -4.63. The third kappa shape index (κ3) is 14.2. The van der Waals surface area contributed by atoms with Crippen LogP contribution in [0.1, 0.15) is 102 Å². The van der Waals surface area contributed by atoms with E-state index < -0.39 is 32.2 Å². The Hall–Kier alpha value is -3.15. The van der Waals surface area contributed by atoms with Gasteiger partial charge in [-0.3, -0.25) is 9.05 Å². The van der Waals surface area contributed by atoms with Crippen molar-refractivity contribution in [2.45, 2.75) is 115 Å². The number of nitrogens with two attached hydrogens (primary N) is 1. The van der Waals surface area contributed by atoms with Crippen molar-refractivity contribution >= 4 is 19.2 Å². The van der Waals surface area contributed by atoms with Crippen molar-refractivity contribution in [3.8, 4) is 11.8 Å². The summed E-state index contributed by atoms with van der Waals surface area (Å²) in [6.45, 7) is 3.60. The Labute approximate surface area is 295 Å². The van der Waals surface area contributed by atoms with Crippen LogP contribution < -0.4 is 10.5 Å². The number of phosphoric acid groups is 1. The zero-order chi connectivity index (χ0) is 36.2. The lowest BCUT2D eigenvalue weighted by molar-refractivity contribution is -0.116. The Morgan fingerprint density at radius 2 is 1.66 bits per heavy atom. The highest BCUT2D eigenvalue weighted by atomic mass is 31.2. The lowest BCUT2D eigenvalue weighted by atomic mass is 9.96. The normalized spacial score (nSPS) is 15.3. The van der Waals surface area contributed by atoms with Gasteiger partial charge in [0.2, 0.25) is 0 Å². The maximum Gasteiger partial charge on any atom is 0.472 e. The quantitative estimate of drug-likeness (QED) is 0.0597. The van der Waals surface area contributed by atoms with Gasteiger partial charge in [0.25, 0.3) is 0 Å². The summed E-state index contributed by atoms with van der Waals surface area (Å²) in [5, 5.41) is 24.3. The number of aliphatic hydroxyl groups is 1. The van der Waals surface area contributed by atoms with E-state index in [0.717, 1.165) is 19.3 Å². The Bertz CT molecular complexity index is 1490. The number of hydrogen-bond acceptors (Lipinski definition) is 12. The molecule has 4 atom stereocenters. The fourth-order valence-corrected chi connectivity index (χ4v) is 6.22. The van der Waals surface area contributed by atoms with Crippen LogP contribution in [0.15, 0.2) is 36.8 Å². The van der Waals surface area contributed by atoms with Gasteiger partial charge in [-0.25, -0.2) is 19.0 Å². The average molecular weight is 719 g/mol. The van der Waals surface area contributed by atoms with Crippen LogP contribution in [0.2, 0.25) is 0 Å². The predicted octanol–water partition coefficient (Wildman–Crippen LogP) is 6.19. The highest BCUT2D eigenvalue weighted by Crippen LogP contribution is 2.44. The van der Waals surface area contributed by atoms with Crippen molar-refractivity contribution in [3.63, 3.8) is 0 Å². The summed E-state index contributed by atoms with van der Waals surface area (Å²) >= 11 is 0. The fraction of sp³-hybridized carbons (Fsp3) is 0.657. The van der Waals surface area contributed by atoms with Crippen molar-refractivity contribution in [2.24, 2.45) is 0 Å². The first-order valence-corrected chi connectivity index (χ1v) is 19.1. The summed E-state index contributed by atoms with van der Waals surface area (Å²) in [6.07, 6.45) is 15.7. The number of aromatic nitrogens is 4. The number of phosphoric ester groups is 1. The van der Waals surface area contributed by atoms with Crippen LogP contribution >= 0.6 is 7.82 Å². The predicted molar refractivity (Wildman–Crippen MR) is 190 cm³/mol. The Balaban J connectivity index is 1.45. The molecule has 3 aromatic heterocycles. The second kappa shape index (κ2) is 21.9. The molecule has 3 aromatic rings. The minimum Gasteiger partial charge on any atom is -0.484 e. The van der Waals surface area contributed by atoms with Crippen LogP contribution in [0.4, 0.5) is 5.82 Å². The summed E-state index contributed by atoms with van der Waals surface area (Å²) < 4.78 is 42.5. The molecule has 0 saturated heterocycles. The van der Waals surface area contributed by atoms with E-state index in [1.165, 1.54) is 83.5 Å². The van der Waals surface area contributed by atoms with Crippen LogP contribution in [0.3, 0.4) is 0 Å². The summed E-state index contributed by atoms with van der Waals surface area (Å²) in [7, 11) is -3.26. The van der Waals surface area contributed by atoms with E-state index >= 15 is 0 Å². The second-order valence-corrected chi connectivity index (χ2v) is 14.2. The van der Waals surface area contributed by atoms with E-state index in [1.807, 2.05) is 6.07 Å². The van der Waals surface area contributed by atoms with Gasteiger partial charge < -0.3 is 29.9 Å². The van der Waals surface area contributed by atoms with Crippen LogP contribution in [-0.2, 0) is 29.5 Å². The number of hydrogen-bond donors (Lipinski definition) is 3. The highest BCUT2D eigenvalue weighted by Gasteiger charge is 2.38. The highest BCUT2D eigenvalue weighted by molar-refractivity contribution is 7.47. The first kappa shape index (κ1) is 41.3. The molecule has 0 spiro atoms. The third-order valence-corrected chi connectivity index (χ3v) is 9.60. The zero-order valence-electron chi connectivity index (χ0n) is 29.7. The van der Waals surface area contributed by atoms with E-state index in [0.29, 0.717) is 29.4 Å². The molecule has 0 aromatic carbocycles. The van der Waals surface area contributed by atoms with Crippen LogP contribution in [-0.4, -0.2) is 80.9 Å². The number of nitriles is 1. The van der Waals surface area contributed by atoms with Gasteiger partial charge in [0.1, 0.15) is 41.1 Å². The molecule has 278 valence electrons. The second-order valence-electron chi connectivity index (χ2n) is 12.7. The zero-order valence-corrected chi connectivity index (χ0v) is 30.6. The van der Waals surface area contributed by atoms with Gasteiger partial charge >= 0.3 is 7.82 Å². The smallest absolute Gasteiger partial charge is 0.472 e. The van der Waals surface area contributed by atoms with Crippen molar-refractivity contribution in [1.29, 1.82) is 5.26 Å². The minimum absolute atomic E-state index is 0.0833. The molecule has 1 unspecified atom stereocenters. The molecule has 3 heterocycles. The SMILES string of the molecule is CCCCCCCCCCCCCCOC[C@H](COP(=O)(O)OC[C@@](C)(OC)[C@@H](O)Cc1ccc2c(N)ncnn12)Oc1ccc(C#N)nc1. The largest absolute Gasteiger partial charge is 0.484 e. The van der Waals surface area contributed by atoms with E-state index in [9.17, 15) is 14.6 Å². The maximum absolute atomic E-state index is 13.0. The Morgan fingerprint density at radius 3 is 2.28 bits per heavy atom. The Morgan fingerprint density at radius 1 is 0.980 bits per heavy atom. The standard InChI is InChI=1S/C35H55N6O8P/c1-4-5-6-7-8-9-10-11-12-13-14-15-20-46-24-31(49-30-18-16-28(22-36)38-23-30)25-47-50(43,44)48-26-35(2,45-3)33(42)21-29-17-19-32-34(37)39-27-40-41(29)32/h16-19,23,27,31,33,42H,4-15,20-21,24-26H2,1-3H3,(H,43,44)(H2,37,39,40)/t31-,33+,35-/m1/s1. The van der Waals surface area contributed by atoms with Crippen molar-refractivity contribution < 1.29 is 37.8 Å². The van der Waals surface area contributed by atoms with Crippen molar-refractivity contribution in [3.05, 3.63) is 48.2 Å². The van der Waals surface area contributed by atoms with Crippen LogP contribution in [0.5, 0.6) is 5.75 Å². The number of unbranched alkanes of at least 4 members (excludes halogenated alkanes) is 11. The molecule has 50 heavy (non-hydrogen) atoms. The van der Waals surface area contributed by atoms with Crippen molar-refractivity contribution in [2.75, 3.05) is 39.3 Å². The van der Waals surface area contributed by atoms with E-state index in [-0.39, 0.29) is 25.3 Å². The molecule has 15 heteroatoms. The number of pyridine rings is 1. The molecule has 0 aliphatic heterocycles. The molecule has 3 rings (SSSR count). The van der Waals surface area contributed by atoms with E-state index in [1.54, 1.807) is 29.6 Å².